The number of fused-ring (bicyclic) bond motifs is 1. The zero-order chi connectivity index (χ0) is 22.3. The Balaban J connectivity index is 1.86. The van der Waals surface area contributed by atoms with Crippen molar-refractivity contribution in [1.29, 1.82) is 0 Å². The highest BCUT2D eigenvalue weighted by Crippen LogP contribution is 2.60. The van der Waals surface area contributed by atoms with Crippen LogP contribution in [0.3, 0.4) is 0 Å². The maximum Gasteiger partial charge on any atom is 0.372 e. The number of hydrogen-bond donors (Lipinski definition) is 2. The van der Waals surface area contributed by atoms with Crippen LogP contribution in [-0.4, -0.2) is 59.9 Å². The van der Waals surface area contributed by atoms with E-state index in [1.54, 1.807) is 0 Å². The number of carbonyl (C=O) groups excluding carboxylic acids is 2. The Morgan fingerprint density at radius 1 is 1.50 bits per heavy atom. The van der Waals surface area contributed by atoms with E-state index >= 15 is 0 Å². The Morgan fingerprint density at radius 2 is 2.13 bits per heavy atom. The lowest BCUT2D eigenvalue weighted by molar-refractivity contribution is -0.384. The third-order valence-electron chi connectivity index (χ3n) is 4.27. The Kier molecular flexibility index (Phi) is 6.21. The highest BCUT2D eigenvalue weighted by Gasteiger charge is 2.64. The van der Waals surface area contributed by atoms with Crippen molar-refractivity contribution in [2.75, 3.05) is 12.4 Å². The molecular formula is C16H15BrN3O8PS. The number of aliphatic imine (C=N–C) groups is 1. The lowest BCUT2D eigenvalue weighted by Crippen LogP contribution is -2.69. The number of amides is 1. The van der Waals surface area contributed by atoms with Crippen molar-refractivity contribution < 1.29 is 33.6 Å². The van der Waals surface area contributed by atoms with Crippen LogP contribution >= 0.6 is 35.3 Å². The lowest BCUT2D eigenvalue weighted by atomic mass is 10.1. The molecule has 1 amide bonds. The van der Waals surface area contributed by atoms with Crippen LogP contribution in [0.15, 0.2) is 40.3 Å². The van der Waals surface area contributed by atoms with E-state index in [-0.39, 0.29) is 23.6 Å². The Morgan fingerprint density at radius 3 is 2.67 bits per heavy atom. The maximum absolute atomic E-state index is 12.8. The molecular weight excluding hydrogens is 505 g/mol. The topological polar surface area (TPSA) is 160 Å². The summed E-state index contributed by atoms with van der Waals surface area (Å²) in [5.74, 6) is -1.17. The molecule has 0 saturated carbocycles. The Bertz CT molecular complexity index is 1020. The van der Waals surface area contributed by atoms with Crippen molar-refractivity contribution in [1.82, 2.24) is 4.90 Å². The summed E-state index contributed by atoms with van der Waals surface area (Å²) in [6.07, 6.45) is 1.35. The highest BCUT2D eigenvalue weighted by molar-refractivity contribution is 9.10. The molecule has 2 atom stereocenters. The number of halogens is 1. The van der Waals surface area contributed by atoms with E-state index < -0.39 is 39.7 Å². The number of hydrogen-bond acceptors (Lipinski definition) is 8. The fraction of sp³-hybridized carbons (Fsp3) is 0.312. The minimum Gasteiger partial charge on any atom is -0.461 e. The van der Waals surface area contributed by atoms with Crippen molar-refractivity contribution in [3.63, 3.8) is 0 Å². The predicted molar refractivity (Wildman–Crippen MR) is 111 cm³/mol. The number of ether oxygens (including phenoxy) is 1. The van der Waals surface area contributed by atoms with E-state index in [1.165, 1.54) is 49.2 Å². The number of non-ortho nitro benzene ring substituents is 1. The van der Waals surface area contributed by atoms with Gasteiger partial charge in [0.25, 0.3) is 11.6 Å². The zero-order valence-electron chi connectivity index (χ0n) is 15.3. The van der Waals surface area contributed by atoms with Gasteiger partial charge >= 0.3 is 13.6 Å². The molecule has 160 valence electrons. The van der Waals surface area contributed by atoms with Crippen molar-refractivity contribution in [3.05, 3.63) is 51.0 Å². The lowest BCUT2D eigenvalue weighted by Gasteiger charge is -2.53. The first-order chi connectivity index (χ1) is 13.9. The van der Waals surface area contributed by atoms with Crippen LogP contribution in [0, 0.1) is 10.1 Å². The van der Waals surface area contributed by atoms with Crippen LogP contribution in [0.1, 0.15) is 12.5 Å². The fourth-order valence-corrected chi connectivity index (χ4v) is 6.34. The number of esters is 1. The van der Waals surface area contributed by atoms with Gasteiger partial charge in [-0.15, -0.1) is 11.8 Å². The predicted octanol–water partition coefficient (Wildman–Crippen LogP) is 1.97. The first-order valence-corrected chi connectivity index (χ1v) is 11.8. The van der Waals surface area contributed by atoms with Gasteiger partial charge in [-0.05, 0) is 33.6 Å². The van der Waals surface area contributed by atoms with E-state index in [0.29, 0.717) is 5.56 Å². The van der Waals surface area contributed by atoms with E-state index in [4.69, 9.17) is 4.74 Å². The minimum atomic E-state index is -4.84. The van der Waals surface area contributed by atoms with E-state index in [2.05, 4.69) is 20.9 Å². The highest BCUT2D eigenvalue weighted by atomic mass is 79.9. The van der Waals surface area contributed by atoms with Gasteiger partial charge in [-0.25, -0.2) is 0 Å². The molecule has 2 aliphatic heterocycles. The molecule has 2 heterocycles. The summed E-state index contributed by atoms with van der Waals surface area (Å²) in [6, 6.07) is 5.51. The summed E-state index contributed by atoms with van der Waals surface area (Å²) < 4.78 is 15.4. The number of nitrogens with zero attached hydrogens (tertiary/aromatic N) is 3. The molecule has 2 N–H and O–H groups in total. The molecule has 0 spiro atoms. The van der Waals surface area contributed by atoms with Gasteiger partial charge in [0, 0.05) is 36.6 Å². The second-order valence-corrected chi connectivity index (χ2v) is 10.2. The van der Waals surface area contributed by atoms with E-state index in [0.717, 1.165) is 4.90 Å². The normalized spacial score (nSPS) is 23.9. The number of nitro benzene ring substituents is 1. The number of thioether (sulfide) groups is 1. The van der Waals surface area contributed by atoms with Gasteiger partial charge in [0.15, 0.2) is 0 Å². The van der Waals surface area contributed by atoms with Crippen LogP contribution < -0.4 is 0 Å². The molecule has 11 nitrogen and oxygen atoms in total. The number of β-lactam (4-membered cyclic amide) rings is 1. The summed E-state index contributed by atoms with van der Waals surface area (Å²) in [5.41, 5.74) is 0.0964. The fourth-order valence-electron chi connectivity index (χ4n) is 2.90. The first kappa shape index (κ1) is 22.6. The molecule has 1 aromatic rings. The molecule has 1 saturated heterocycles. The SMILES string of the molecule is CC(=O)OCC1=C(P(=O)(O)O)N2C(=O)[C@@](Br)(N=Cc3ccc([N+](=O)[O-])cc3)[C@H]2SC1. The second kappa shape index (κ2) is 8.23. The van der Waals surface area contributed by atoms with E-state index in [1.807, 2.05) is 0 Å². The molecule has 0 bridgehead atoms. The Hall–Kier alpha value is -2.05. The smallest absolute Gasteiger partial charge is 0.372 e. The van der Waals surface area contributed by atoms with Crippen LogP contribution in [0.2, 0.25) is 0 Å². The number of carbonyl (C=O) groups is 2. The first-order valence-electron chi connectivity index (χ1n) is 8.30. The molecule has 2 aliphatic rings. The zero-order valence-corrected chi connectivity index (χ0v) is 18.6. The molecule has 30 heavy (non-hydrogen) atoms. The van der Waals surface area contributed by atoms with Crippen molar-refractivity contribution >= 4 is 59.1 Å². The standard InChI is InChI=1S/C16H15BrN3O8PS/c1-9(21)28-7-11-8-30-15-16(17,14(22)19(15)13(11)29(25,26)27)18-6-10-2-4-12(5-3-10)20(23)24/h2-6,15H,7-8H2,1H3,(H2,25,26,27)/t15-,16-/m1/s1. The third-order valence-corrected chi connectivity index (χ3v) is 8.02. The molecule has 1 fully saturated rings. The van der Waals surface area contributed by atoms with Gasteiger partial charge < -0.3 is 14.5 Å². The van der Waals surface area contributed by atoms with E-state index in [9.17, 15) is 34.1 Å². The molecule has 0 unspecified atom stereocenters. The van der Waals surface area contributed by atoms with Gasteiger partial charge in [0.1, 0.15) is 17.4 Å². The average molecular weight is 520 g/mol. The molecule has 3 rings (SSSR count). The maximum atomic E-state index is 12.8. The summed E-state index contributed by atoms with van der Waals surface area (Å²) >= 11 is 4.47. The number of benzene rings is 1. The molecule has 0 radical (unpaired) electrons. The molecule has 0 aromatic heterocycles. The van der Waals surface area contributed by atoms with Crippen molar-refractivity contribution in [2.45, 2.75) is 16.7 Å². The van der Waals surface area contributed by atoms with Gasteiger partial charge in [-0.2, -0.15) is 0 Å². The summed E-state index contributed by atoms with van der Waals surface area (Å²) in [5, 5.41) is 9.99. The number of nitro groups is 1. The summed E-state index contributed by atoms with van der Waals surface area (Å²) in [6.45, 7) is 0.836. The van der Waals surface area contributed by atoms with Crippen LogP contribution in [0.4, 0.5) is 5.69 Å². The minimum absolute atomic E-state index is 0.0915. The van der Waals surface area contributed by atoms with Crippen LogP contribution in [-0.2, 0) is 18.9 Å². The number of rotatable bonds is 6. The third kappa shape index (κ3) is 4.21. The molecule has 14 heteroatoms. The quantitative estimate of drug-likeness (QED) is 0.0836. The average Bonchev–Trinajstić information content (AvgIpc) is 2.68. The van der Waals surface area contributed by atoms with Crippen LogP contribution in [0.25, 0.3) is 0 Å². The van der Waals surface area contributed by atoms with Gasteiger partial charge in [-0.1, -0.05) is 0 Å². The van der Waals surface area contributed by atoms with Crippen LogP contribution in [0.5, 0.6) is 0 Å². The Labute approximate surface area is 182 Å². The van der Waals surface area contributed by atoms with Crippen molar-refractivity contribution in [3.8, 4) is 0 Å². The summed E-state index contributed by atoms with van der Waals surface area (Å²) in [7, 11) is -4.84. The van der Waals surface area contributed by atoms with Crippen molar-refractivity contribution in [2.24, 2.45) is 4.99 Å². The van der Waals surface area contributed by atoms with Gasteiger partial charge in [-0.3, -0.25) is 34.2 Å². The van der Waals surface area contributed by atoms with Gasteiger partial charge in [0.05, 0.1) is 4.92 Å². The second-order valence-electron chi connectivity index (χ2n) is 6.37. The monoisotopic (exact) mass is 519 g/mol. The van der Waals surface area contributed by atoms with Gasteiger partial charge in [0.2, 0.25) is 4.45 Å². The largest absolute Gasteiger partial charge is 0.461 e. The number of alkyl halides is 1. The summed E-state index contributed by atoms with van der Waals surface area (Å²) in [4.78, 5) is 58.8. The molecule has 1 aromatic carbocycles. The molecule has 0 aliphatic carbocycles.